The van der Waals surface area contributed by atoms with E-state index in [-0.39, 0.29) is 36.0 Å². The molecule has 4 aromatic carbocycles. The highest BCUT2D eigenvalue weighted by Gasteiger charge is 2.39. The van der Waals surface area contributed by atoms with E-state index in [0.29, 0.717) is 43.7 Å². The minimum absolute atomic E-state index is 0.0381. The maximum atomic E-state index is 13.4. The average molecular weight is 704 g/mol. The van der Waals surface area contributed by atoms with Gasteiger partial charge in [0.25, 0.3) is 0 Å². The van der Waals surface area contributed by atoms with E-state index in [1.165, 1.54) is 7.11 Å². The van der Waals surface area contributed by atoms with Crippen molar-refractivity contribution in [3.63, 3.8) is 0 Å². The first kappa shape index (κ1) is 36.1. The monoisotopic (exact) mass is 703 g/mol. The van der Waals surface area contributed by atoms with Crippen LogP contribution in [0.25, 0.3) is 21.9 Å². The average Bonchev–Trinajstić information content (AvgIpc) is 3.85. The zero-order valence-corrected chi connectivity index (χ0v) is 29.8. The molecule has 3 N–H and O–H groups in total. The Morgan fingerprint density at radius 1 is 0.712 bits per heavy atom. The van der Waals surface area contributed by atoms with Gasteiger partial charge in [-0.3, -0.25) is 19.2 Å². The maximum absolute atomic E-state index is 13.4. The van der Waals surface area contributed by atoms with Gasteiger partial charge in [-0.1, -0.05) is 74.5 Å². The summed E-state index contributed by atoms with van der Waals surface area (Å²) in [5.74, 6) is -0.968. The molecule has 0 unspecified atom stereocenters. The van der Waals surface area contributed by atoms with Crippen molar-refractivity contribution in [2.75, 3.05) is 30.8 Å². The molecule has 2 aliphatic heterocycles. The Morgan fingerprint density at radius 3 is 1.96 bits per heavy atom. The summed E-state index contributed by atoms with van der Waals surface area (Å²) < 4.78 is 4.69. The van der Waals surface area contributed by atoms with Gasteiger partial charge in [0.2, 0.25) is 23.6 Å². The van der Waals surface area contributed by atoms with Crippen LogP contribution < -0.4 is 16.0 Å². The van der Waals surface area contributed by atoms with E-state index in [0.717, 1.165) is 33.9 Å². The third-order valence-corrected chi connectivity index (χ3v) is 9.90. The number of ether oxygens (including phenoxy) is 1. The van der Waals surface area contributed by atoms with Crippen LogP contribution in [0.1, 0.15) is 45.1 Å². The second kappa shape index (κ2) is 16.1. The van der Waals surface area contributed by atoms with Gasteiger partial charge in [-0.2, -0.15) is 0 Å². The van der Waals surface area contributed by atoms with Gasteiger partial charge in [-0.25, -0.2) is 4.79 Å². The smallest absolute Gasteiger partial charge is 0.407 e. The number of carbonyl (C=O) groups excluding carboxylic acids is 5. The summed E-state index contributed by atoms with van der Waals surface area (Å²) in [6.45, 7) is 4.68. The van der Waals surface area contributed by atoms with Crippen molar-refractivity contribution in [2.45, 2.75) is 64.1 Å². The third kappa shape index (κ3) is 8.25. The molecule has 0 bridgehead atoms. The number of amides is 5. The number of benzene rings is 4. The first-order valence-corrected chi connectivity index (χ1v) is 17.9. The van der Waals surface area contributed by atoms with E-state index in [4.69, 9.17) is 4.74 Å². The number of nitrogens with one attached hydrogen (secondary N) is 3. The number of anilines is 2. The van der Waals surface area contributed by atoms with Crippen molar-refractivity contribution in [3.8, 4) is 11.1 Å². The molecule has 0 saturated carbocycles. The minimum Gasteiger partial charge on any atom is -0.453 e. The highest BCUT2D eigenvalue weighted by molar-refractivity contribution is 6.01. The fourth-order valence-electron chi connectivity index (χ4n) is 7.09. The molecule has 270 valence electrons. The molecule has 2 heterocycles. The summed E-state index contributed by atoms with van der Waals surface area (Å²) in [4.78, 5) is 68.1. The minimum atomic E-state index is -0.794. The Labute approximate surface area is 303 Å². The highest BCUT2D eigenvalue weighted by atomic mass is 16.5. The first-order valence-electron chi connectivity index (χ1n) is 17.9. The van der Waals surface area contributed by atoms with Gasteiger partial charge in [0, 0.05) is 24.5 Å². The Balaban J connectivity index is 1.07. The lowest BCUT2D eigenvalue weighted by Gasteiger charge is -2.30. The first-order chi connectivity index (χ1) is 25.1. The maximum Gasteiger partial charge on any atom is 0.407 e. The van der Waals surface area contributed by atoms with Gasteiger partial charge in [-0.15, -0.1) is 0 Å². The predicted molar refractivity (Wildman–Crippen MR) is 200 cm³/mol. The molecule has 6 rings (SSSR count). The number of fused-ring (bicyclic) bond motifs is 1. The standard InChI is InChI=1S/C41H45N5O6/c1-26(2)37(44-41(51)52-3)40(50)46-22-8-12-35(46)39(49)42-32-18-15-28(16-19-32)29-13-14-31-25-33(20-17-30(31)24-29)43-38(48)34-11-7-21-45(34)36(47)23-27-9-5-4-6-10-27/h4-6,9-10,13-20,24-26,34-35,37H,7-8,11-12,21-23H2,1-3H3,(H,42,49)(H,43,48)(H,44,51)/t34-,35-,37-/m0/s1. The fraction of sp³-hybridized carbons (Fsp3) is 0.341. The number of alkyl carbamates (subject to hydrolysis) is 1. The van der Waals surface area contributed by atoms with Crippen molar-refractivity contribution in [2.24, 2.45) is 5.92 Å². The zero-order valence-electron chi connectivity index (χ0n) is 29.8. The van der Waals surface area contributed by atoms with E-state index >= 15 is 0 Å². The SMILES string of the molecule is COC(=O)N[C@H](C(=O)N1CCC[C@H]1C(=O)Nc1ccc(-c2ccc3cc(NC(=O)[C@@H]4CCCN4C(=O)Cc4ccccc4)ccc3c2)cc1)C(C)C. The van der Waals surface area contributed by atoms with E-state index in [1.54, 1.807) is 9.80 Å². The molecule has 0 aromatic heterocycles. The van der Waals surface area contributed by atoms with Crippen LogP contribution >= 0.6 is 0 Å². The van der Waals surface area contributed by atoms with Crippen molar-refractivity contribution in [3.05, 3.63) is 96.6 Å². The molecule has 5 amide bonds. The second-order valence-electron chi connectivity index (χ2n) is 13.8. The lowest BCUT2D eigenvalue weighted by Crippen LogP contribution is -2.54. The van der Waals surface area contributed by atoms with Crippen molar-refractivity contribution >= 4 is 51.9 Å². The van der Waals surface area contributed by atoms with Gasteiger partial charge in [-0.05, 0) is 89.4 Å². The van der Waals surface area contributed by atoms with Crippen LogP contribution in [0.4, 0.5) is 16.2 Å². The zero-order chi connectivity index (χ0) is 36.8. The number of likely N-dealkylation sites (tertiary alicyclic amines) is 2. The van der Waals surface area contributed by atoms with Crippen LogP contribution in [0.3, 0.4) is 0 Å². The van der Waals surface area contributed by atoms with Gasteiger partial charge in [0.1, 0.15) is 18.1 Å². The lowest BCUT2D eigenvalue weighted by molar-refractivity contribution is -0.139. The molecular formula is C41H45N5O6. The number of nitrogens with zero attached hydrogens (tertiary/aromatic N) is 2. The van der Waals surface area contributed by atoms with E-state index < -0.39 is 24.2 Å². The summed E-state index contributed by atoms with van der Waals surface area (Å²) >= 11 is 0. The number of carbonyl (C=O) groups is 5. The van der Waals surface area contributed by atoms with Gasteiger partial charge >= 0.3 is 6.09 Å². The van der Waals surface area contributed by atoms with Crippen molar-refractivity contribution in [1.29, 1.82) is 0 Å². The Hall–Kier alpha value is -5.71. The molecule has 2 aliphatic rings. The molecule has 0 radical (unpaired) electrons. The molecule has 2 fully saturated rings. The number of hydrogen-bond acceptors (Lipinski definition) is 6. The van der Waals surface area contributed by atoms with Crippen LogP contribution in [0.15, 0.2) is 91.0 Å². The normalized spacial score (nSPS) is 17.5. The quantitative estimate of drug-likeness (QED) is 0.186. The highest BCUT2D eigenvalue weighted by Crippen LogP contribution is 2.29. The number of methoxy groups -OCH3 is 1. The van der Waals surface area contributed by atoms with Gasteiger partial charge < -0.3 is 30.5 Å². The molecule has 3 atom stereocenters. The Morgan fingerprint density at radius 2 is 1.29 bits per heavy atom. The van der Waals surface area contributed by atoms with Crippen molar-refractivity contribution < 1.29 is 28.7 Å². The molecule has 52 heavy (non-hydrogen) atoms. The van der Waals surface area contributed by atoms with Crippen LogP contribution in [0.2, 0.25) is 0 Å². The molecule has 0 spiro atoms. The third-order valence-electron chi connectivity index (χ3n) is 9.90. The summed E-state index contributed by atoms with van der Waals surface area (Å²) in [6.07, 6.45) is 2.25. The predicted octanol–water partition coefficient (Wildman–Crippen LogP) is 5.99. The van der Waals surface area contributed by atoms with E-state index in [9.17, 15) is 24.0 Å². The van der Waals surface area contributed by atoms with Gasteiger partial charge in [0.05, 0.1) is 13.5 Å². The molecular weight excluding hydrogens is 658 g/mol. The van der Waals surface area contributed by atoms with Crippen LogP contribution in [-0.4, -0.2) is 77.8 Å². The lowest BCUT2D eigenvalue weighted by atomic mass is 10.0. The molecule has 11 nitrogen and oxygen atoms in total. The van der Waals surface area contributed by atoms with Crippen LogP contribution in [0, 0.1) is 5.92 Å². The van der Waals surface area contributed by atoms with E-state index in [2.05, 4.69) is 22.0 Å². The number of rotatable bonds is 10. The summed E-state index contributed by atoms with van der Waals surface area (Å²) in [6, 6.07) is 27.1. The van der Waals surface area contributed by atoms with E-state index in [1.807, 2.05) is 98.8 Å². The largest absolute Gasteiger partial charge is 0.453 e. The fourth-order valence-corrected chi connectivity index (χ4v) is 7.09. The second-order valence-corrected chi connectivity index (χ2v) is 13.8. The Bertz CT molecular complexity index is 1950. The topological polar surface area (TPSA) is 137 Å². The molecule has 11 heteroatoms. The Kier molecular flexibility index (Phi) is 11.2. The molecule has 4 aromatic rings. The summed E-state index contributed by atoms with van der Waals surface area (Å²) in [5, 5.41) is 10.6. The van der Waals surface area contributed by atoms with Crippen LogP contribution in [-0.2, 0) is 30.3 Å². The molecule has 2 saturated heterocycles. The number of hydrogen-bond donors (Lipinski definition) is 3. The van der Waals surface area contributed by atoms with Crippen molar-refractivity contribution in [1.82, 2.24) is 15.1 Å². The van der Waals surface area contributed by atoms with Crippen LogP contribution in [0.5, 0.6) is 0 Å². The summed E-state index contributed by atoms with van der Waals surface area (Å²) in [7, 11) is 1.25. The summed E-state index contributed by atoms with van der Waals surface area (Å²) in [5.41, 5.74) is 4.18. The molecule has 0 aliphatic carbocycles. The van der Waals surface area contributed by atoms with Gasteiger partial charge in [0.15, 0.2) is 0 Å².